The quantitative estimate of drug-likeness (QED) is 0.696. The van der Waals surface area contributed by atoms with Gasteiger partial charge in [-0.3, -0.25) is 0 Å². The lowest BCUT2D eigenvalue weighted by molar-refractivity contribution is 0.101. The summed E-state index contributed by atoms with van der Waals surface area (Å²) in [6, 6.07) is 14.6. The van der Waals surface area contributed by atoms with E-state index in [2.05, 4.69) is 36.3 Å². The van der Waals surface area contributed by atoms with Gasteiger partial charge in [0.2, 0.25) is 0 Å². The van der Waals surface area contributed by atoms with E-state index in [1.165, 1.54) is 5.56 Å². The van der Waals surface area contributed by atoms with Gasteiger partial charge in [-0.15, -0.1) is 0 Å². The maximum Gasteiger partial charge on any atom is 0.319 e. The number of hydrogen-bond donors (Lipinski definition) is 0. The molecule has 0 atom stereocenters. The molecule has 3 heterocycles. The molecule has 1 fully saturated rings. The number of urea groups is 1. The van der Waals surface area contributed by atoms with Crippen molar-refractivity contribution < 1.29 is 9.53 Å². The third-order valence-electron chi connectivity index (χ3n) is 5.36. The summed E-state index contributed by atoms with van der Waals surface area (Å²) in [6.45, 7) is 3.56. The molecule has 1 saturated heterocycles. The largest absolute Gasteiger partial charge is 0.490 e. The Morgan fingerprint density at radius 3 is 2.46 bits per heavy atom. The van der Waals surface area contributed by atoms with Crippen molar-refractivity contribution in [2.45, 2.75) is 25.9 Å². The predicted octanol–water partition coefficient (Wildman–Crippen LogP) is 3.83. The van der Waals surface area contributed by atoms with Crippen molar-refractivity contribution in [2.24, 2.45) is 0 Å². The first-order valence-electron chi connectivity index (χ1n) is 9.69. The molecule has 0 radical (unpaired) electrons. The molecule has 1 aliphatic heterocycles. The summed E-state index contributed by atoms with van der Waals surface area (Å²) in [5.74, 6) is 0.874. The van der Waals surface area contributed by atoms with E-state index in [4.69, 9.17) is 4.74 Å². The number of aromatic nitrogens is 2. The number of fused-ring (bicyclic) bond motifs is 1. The zero-order chi connectivity index (χ0) is 19.7. The van der Waals surface area contributed by atoms with Gasteiger partial charge in [-0.2, -0.15) is 5.10 Å². The minimum atomic E-state index is 0.0762. The van der Waals surface area contributed by atoms with E-state index < -0.39 is 0 Å². The van der Waals surface area contributed by atoms with Crippen LogP contribution in [0.5, 0.6) is 5.75 Å². The lowest BCUT2D eigenvalue weighted by Crippen LogP contribution is -2.46. The summed E-state index contributed by atoms with van der Waals surface area (Å²) in [5, 5.41) is 4.39. The van der Waals surface area contributed by atoms with Crippen molar-refractivity contribution in [3.05, 3.63) is 54.4 Å². The average molecular weight is 378 g/mol. The zero-order valence-electron chi connectivity index (χ0n) is 16.6. The molecule has 0 N–H and O–H groups in total. The van der Waals surface area contributed by atoms with Crippen LogP contribution in [0.15, 0.2) is 48.7 Å². The first-order valence-corrected chi connectivity index (χ1v) is 9.69. The van der Waals surface area contributed by atoms with E-state index in [-0.39, 0.29) is 12.1 Å². The van der Waals surface area contributed by atoms with Crippen LogP contribution >= 0.6 is 0 Å². The fourth-order valence-electron chi connectivity index (χ4n) is 3.78. The molecule has 28 heavy (non-hydrogen) atoms. The molecule has 1 aromatic carbocycles. The summed E-state index contributed by atoms with van der Waals surface area (Å²) >= 11 is 0. The van der Waals surface area contributed by atoms with Crippen molar-refractivity contribution in [2.75, 3.05) is 27.2 Å². The van der Waals surface area contributed by atoms with E-state index in [1.54, 1.807) is 19.0 Å². The molecular formula is C22H26N4O2. The Morgan fingerprint density at radius 1 is 1.07 bits per heavy atom. The van der Waals surface area contributed by atoms with Gasteiger partial charge in [-0.25, -0.2) is 9.31 Å². The Labute approximate surface area is 165 Å². The van der Waals surface area contributed by atoms with Gasteiger partial charge in [0.1, 0.15) is 11.9 Å². The Morgan fingerprint density at radius 2 is 1.79 bits per heavy atom. The number of rotatable bonds is 3. The van der Waals surface area contributed by atoms with Crippen LogP contribution in [0.1, 0.15) is 18.5 Å². The second-order valence-electron chi connectivity index (χ2n) is 7.51. The van der Waals surface area contributed by atoms with Gasteiger partial charge < -0.3 is 14.5 Å². The molecule has 2 aromatic heterocycles. The molecule has 3 aromatic rings. The number of piperidine rings is 1. The molecule has 0 saturated carbocycles. The van der Waals surface area contributed by atoms with Crippen LogP contribution in [0.2, 0.25) is 0 Å². The SMILES string of the molecule is Cc1c(-c2ccc(OC3CCN(C(=O)N(C)C)CC3)cc2)ccc2ccnn12. The molecule has 6 heteroatoms. The Balaban J connectivity index is 1.41. The predicted molar refractivity (Wildman–Crippen MR) is 110 cm³/mol. The van der Waals surface area contributed by atoms with E-state index in [0.717, 1.165) is 48.5 Å². The number of benzene rings is 1. The highest BCUT2D eigenvalue weighted by atomic mass is 16.5. The van der Waals surface area contributed by atoms with Gasteiger partial charge in [0.15, 0.2) is 0 Å². The molecule has 0 spiro atoms. The van der Waals surface area contributed by atoms with E-state index in [0.29, 0.717) is 0 Å². The molecule has 6 nitrogen and oxygen atoms in total. The number of likely N-dealkylation sites (tertiary alicyclic amines) is 1. The van der Waals surface area contributed by atoms with E-state index >= 15 is 0 Å². The summed E-state index contributed by atoms with van der Waals surface area (Å²) in [7, 11) is 3.58. The number of aryl methyl sites for hydroxylation is 1. The summed E-state index contributed by atoms with van der Waals surface area (Å²) in [5.41, 5.74) is 4.53. The summed E-state index contributed by atoms with van der Waals surface area (Å²) < 4.78 is 8.11. The number of pyridine rings is 1. The molecule has 0 aliphatic carbocycles. The number of ether oxygens (including phenoxy) is 1. The van der Waals surface area contributed by atoms with Crippen LogP contribution in [0.25, 0.3) is 16.6 Å². The van der Waals surface area contributed by atoms with Crippen molar-refractivity contribution in [3.8, 4) is 16.9 Å². The Hall–Kier alpha value is -3.02. The maximum atomic E-state index is 12.0. The highest BCUT2D eigenvalue weighted by molar-refractivity contribution is 5.74. The van der Waals surface area contributed by atoms with Crippen LogP contribution in [-0.4, -0.2) is 58.7 Å². The maximum absolute atomic E-state index is 12.0. The van der Waals surface area contributed by atoms with Crippen molar-refractivity contribution in [3.63, 3.8) is 0 Å². The van der Waals surface area contributed by atoms with Crippen molar-refractivity contribution in [1.82, 2.24) is 19.4 Å². The molecular weight excluding hydrogens is 352 g/mol. The second-order valence-corrected chi connectivity index (χ2v) is 7.51. The Kier molecular flexibility index (Phi) is 4.94. The van der Waals surface area contributed by atoms with Crippen molar-refractivity contribution in [1.29, 1.82) is 0 Å². The monoisotopic (exact) mass is 378 g/mol. The number of carbonyl (C=O) groups is 1. The minimum absolute atomic E-state index is 0.0762. The first-order chi connectivity index (χ1) is 13.5. The lowest BCUT2D eigenvalue weighted by atomic mass is 10.0. The summed E-state index contributed by atoms with van der Waals surface area (Å²) in [4.78, 5) is 15.5. The van der Waals surface area contributed by atoms with Gasteiger partial charge >= 0.3 is 6.03 Å². The fourth-order valence-corrected chi connectivity index (χ4v) is 3.78. The molecule has 0 bridgehead atoms. The molecule has 0 unspecified atom stereocenters. The lowest BCUT2D eigenvalue weighted by Gasteiger charge is -2.33. The molecule has 146 valence electrons. The third-order valence-corrected chi connectivity index (χ3v) is 5.36. The number of hydrogen-bond acceptors (Lipinski definition) is 3. The number of nitrogens with zero attached hydrogens (tertiary/aromatic N) is 4. The van der Waals surface area contributed by atoms with Crippen LogP contribution in [0.4, 0.5) is 4.79 Å². The van der Waals surface area contributed by atoms with Crippen LogP contribution in [0, 0.1) is 6.92 Å². The van der Waals surface area contributed by atoms with E-state index in [9.17, 15) is 4.79 Å². The molecule has 2 amide bonds. The second kappa shape index (κ2) is 7.54. The van der Waals surface area contributed by atoms with Crippen molar-refractivity contribution >= 4 is 11.5 Å². The first kappa shape index (κ1) is 18.3. The van der Waals surface area contributed by atoms with Gasteiger partial charge in [-0.1, -0.05) is 18.2 Å². The summed E-state index contributed by atoms with van der Waals surface area (Å²) in [6.07, 6.45) is 3.69. The third kappa shape index (κ3) is 3.54. The van der Waals surface area contributed by atoms with Gasteiger partial charge in [-0.05, 0) is 36.8 Å². The topological polar surface area (TPSA) is 50.1 Å². The van der Waals surface area contributed by atoms with Gasteiger partial charge in [0.25, 0.3) is 0 Å². The number of amides is 2. The normalized spacial score (nSPS) is 15.0. The van der Waals surface area contributed by atoms with Crippen LogP contribution in [-0.2, 0) is 0 Å². The van der Waals surface area contributed by atoms with Crippen LogP contribution < -0.4 is 4.74 Å². The molecule has 4 rings (SSSR count). The Bertz CT molecular complexity index is 970. The zero-order valence-corrected chi connectivity index (χ0v) is 16.6. The average Bonchev–Trinajstić information content (AvgIpc) is 3.19. The highest BCUT2D eigenvalue weighted by Crippen LogP contribution is 2.27. The minimum Gasteiger partial charge on any atom is -0.490 e. The molecule has 1 aliphatic rings. The van der Waals surface area contributed by atoms with Gasteiger partial charge in [0, 0.05) is 57.5 Å². The smallest absolute Gasteiger partial charge is 0.319 e. The standard InChI is InChI=1S/C22H26N4O2/c1-16-21(9-6-18-10-13-23-26(16)18)17-4-7-19(8-5-17)28-20-11-14-25(15-12-20)22(27)24(2)3/h4-10,13,20H,11-12,14-15H2,1-3H3. The number of carbonyl (C=O) groups excluding carboxylic acids is 1. The van der Waals surface area contributed by atoms with Gasteiger partial charge in [0.05, 0.1) is 5.52 Å². The van der Waals surface area contributed by atoms with E-state index in [1.807, 2.05) is 33.8 Å². The highest BCUT2D eigenvalue weighted by Gasteiger charge is 2.24. The fraction of sp³-hybridized carbons (Fsp3) is 0.364. The van der Waals surface area contributed by atoms with Crippen LogP contribution in [0.3, 0.4) is 0 Å².